The van der Waals surface area contributed by atoms with Gasteiger partial charge in [-0.2, -0.15) is 18.3 Å². The Hall–Kier alpha value is -3.62. The first-order valence-electron chi connectivity index (χ1n) is 8.58. The van der Waals surface area contributed by atoms with Crippen LogP contribution >= 0.6 is 0 Å². The monoisotopic (exact) mass is 401 g/mol. The molecule has 0 saturated carbocycles. The van der Waals surface area contributed by atoms with Crippen molar-refractivity contribution in [1.82, 2.24) is 9.55 Å². The highest BCUT2D eigenvalue weighted by atomic mass is 19.4. The first-order chi connectivity index (χ1) is 13.7. The van der Waals surface area contributed by atoms with Crippen LogP contribution in [0, 0.1) is 13.8 Å². The third kappa shape index (κ3) is 4.45. The molecule has 0 radical (unpaired) electrons. The Morgan fingerprint density at radius 1 is 1.17 bits per heavy atom. The normalized spacial score (nSPS) is 11.8. The zero-order valence-corrected chi connectivity index (χ0v) is 15.7. The summed E-state index contributed by atoms with van der Waals surface area (Å²) in [6, 6.07) is 11.0. The number of amides is 1. The van der Waals surface area contributed by atoms with Crippen molar-refractivity contribution >= 4 is 17.9 Å². The van der Waals surface area contributed by atoms with E-state index in [0.29, 0.717) is 5.56 Å². The minimum atomic E-state index is -4.43. The lowest BCUT2D eigenvalue weighted by molar-refractivity contribution is -0.137. The summed E-state index contributed by atoms with van der Waals surface area (Å²) < 4.78 is 39.7. The van der Waals surface area contributed by atoms with Gasteiger partial charge in [0.1, 0.15) is 5.82 Å². The third-order valence-electron chi connectivity index (χ3n) is 4.35. The van der Waals surface area contributed by atoms with Gasteiger partial charge in [-0.15, -0.1) is 0 Å². The van der Waals surface area contributed by atoms with E-state index in [9.17, 15) is 18.0 Å². The minimum Gasteiger partial charge on any atom is -0.366 e. The van der Waals surface area contributed by atoms with E-state index in [4.69, 9.17) is 5.73 Å². The lowest BCUT2D eigenvalue weighted by Gasteiger charge is -2.10. The van der Waals surface area contributed by atoms with Gasteiger partial charge in [0.05, 0.1) is 11.8 Å². The molecule has 0 aliphatic heterocycles. The molecule has 0 aliphatic carbocycles. The summed E-state index contributed by atoms with van der Waals surface area (Å²) >= 11 is 0. The third-order valence-corrected chi connectivity index (χ3v) is 4.35. The number of aryl methyl sites for hydroxylation is 1. The number of alkyl halides is 3. The zero-order chi connectivity index (χ0) is 21.2. The maximum absolute atomic E-state index is 12.6. The van der Waals surface area contributed by atoms with E-state index < -0.39 is 17.6 Å². The summed E-state index contributed by atoms with van der Waals surface area (Å²) in [5, 5.41) is 4.06. The number of primary amides is 1. The predicted octanol–water partition coefficient (Wildman–Crippen LogP) is 4.05. The van der Waals surface area contributed by atoms with Gasteiger partial charge in [-0.3, -0.25) is 10.2 Å². The number of hydrogen-bond donors (Lipinski definition) is 2. The highest BCUT2D eigenvalue weighted by molar-refractivity contribution is 5.93. The number of aromatic nitrogens is 2. The highest BCUT2D eigenvalue weighted by Crippen LogP contribution is 2.28. The van der Waals surface area contributed by atoms with E-state index in [1.54, 1.807) is 30.5 Å². The number of carbonyl (C=O) groups is 1. The molecule has 3 rings (SSSR count). The van der Waals surface area contributed by atoms with Gasteiger partial charge in [-0.1, -0.05) is 0 Å². The Labute approximate surface area is 164 Å². The van der Waals surface area contributed by atoms with E-state index in [-0.39, 0.29) is 5.82 Å². The molecule has 2 heterocycles. The number of nitrogens with zero attached hydrogens (tertiary/aromatic N) is 3. The van der Waals surface area contributed by atoms with E-state index in [1.165, 1.54) is 6.07 Å². The Balaban J connectivity index is 1.77. The molecule has 0 fully saturated rings. The van der Waals surface area contributed by atoms with Crippen molar-refractivity contribution in [2.24, 2.45) is 10.8 Å². The molecule has 3 aromatic rings. The zero-order valence-electron chi connectivity index (χ0n) is 15.7. The fourth-order valence-electron chi connectivity index (χ4n) is 2.89. The molecule has 150 valence electrons. The first kappa shape index (κ1) is 20.1. The van der Waals surface area contributed by atoms with Crippen molar-refractivity contribution in [3.05, 3.63) is 76.7 Å². The summed E-state index contributed by atoms with van der Waals surface area (Å²) in [5.74, 6) is -0.293. The van der Waals surface area contributed by atoms with Crippen LogP contribution < -0.4 is 11.2 Å². The van der Waals surface area contributed by atoms with Gasteiger partial charge in [-0.05, 0) is 56.3 Å². The summed E-state index contributed by atoms with van der Waals surface area (Å²) in [4.78, 5) is 14.9. The molecule has 29 heavy (non-hydrogen) atoms. The minimum absolute atomic E-state index is 0.199. The van der Waals surface area contributed by atoms with E-state index in [1.807, 2.05) is 24.5 Å². The second-order valence-electron chi connectivity index (χ2n) is 6.37. The molecule has 0 bridgehead atoms. The maximum atomic E-state index is 12.6. The largest absolute Gasteiger partial charge is 0.417 e. The number of benzene rings is 1. The summed E-state index contributed by atoms with van der Waals surface area (Å²) in [6.07, 6.45) is -2.11. The molecule has 0 unspecified atom stereocenters. The van der Waals surface area contributed by atoms with Crippen LogP contribution in [0.25, 0.3) is 5.69 Å². The van der Waals surface area contributed by atoms with Crippen molar-refractivity contribution in [2.45, 2.75) is 20.0 Å². The van der Waals surface area contributed by atoms with Crippen LogP contribution in [0.2, 0.25) is 0 Å². The number of hydrazone groups is 1. The molecule has 6 nitrogen and oxygen atoms in total. The smallest absolute Gasteiger partial charge is 0.366 e. The van der Waals surface area contributed by atoms with Gasteiger partial charge in [0.15, 0.2) is 0 Å². The van der Waals surface area contributed by atoms with E-state index in [0.717, 1.165) is 34.9 Å². The van der Waals surface area contributed by atoms with Crippen LogP contribution in [-0.4, -0.2) is 21.7 Å². The number of halogens is 3. The average molecular weight is 401 g/mol. The summed E-state index contributed by atoms with van der Waals surface area (Å²) in [5.41, 5.74) is 11.0. The molecule has 2 aromatic heterocycles. The van der Waals surface area contributed by atoms with Crippen LogP contribution in [-0.2, 0) is 6.18 Å². The van der Waals surface area contributed by atoms with Crippen molar-refractivity contribution < 1.29 is 18.0 Å². The lowest BCUT2D eigenvalue weighted by Crippen LogP contribution is -2.10. The molecule has 1 aromatic carbocycles. The second kappa shape index (κ2) is 7.78. The molecule has 9 heteroatoms. The van der Waals surface area contributed by atoms with Crippen molar-refractivity contribution in [1.29, 1.82) is 0 Å². The van der Waals surface area contributed by atoms with E-state index in [2.05, 4.69) is 15.5 Å². The SMILES string of the molecule is Cc1cc(/C=N\Nc2ccc(C(F)(F)F)cn2)c(C)n1-c1ccc(C(N)=O)cc1. The average Bonchev–Trinajstić information content (AvgIpc) is 2.95. The molecule has 1 amide bonds. The van der Waals surface area contributed by atoms with Gasteiger partial charge in [0.25, 0.3) is 0 Å². The van der Waals surface area contributed by atoms with Crippen LogP contribution in [0.5, 0.6) is 0 Å². The van der Waals surface area contributed by atoms with Crippen LogP contribution in [0.1, 0.15) is 32.9 Å². The number of pyridine rings is 1. The Bertz CT molecular complexity index is 1050. The van der Waals surface area contributed by atoms with E-state index >= 15 is 0 Å². The quantitative estimate of drug-likeness (QED) is 0.500. The first-order valence-corrected chi connectivity index (χ1v) is 8.58. The maximum Gasteiger partial charge on any atom is 0.417 e. The molecule has 0 spiro atoms. The predicted molar refractivity (Wildman–Crippen MR) is 104 cm³/mol. The number of carbonyl (C=O) groups excluding carboxylic acids is 1. The van der Waals surface area contributed by atoms with Crippen LogP contribution in [0.3, 0.4) is 0 Å². The Kier molecular flexibility index (Phi) is 5.40. The summed E-state index contributed by atoms with van der Waals surface area (Å²) in [7, 11) is 0. The van der Waals surface area contributed by atoms with Gasteiger partial charge in [-0.25, -0.2) is 4.98 Å². The van der Waals surface area contributed by atoms with Gasteiger partial charge in [0, 0.05) is 34.4 Å². The lowest BCUT2D eigenvalue weighted by atomic mass is 10.2. The fraction of sp³-hybridized carbons (Fsp3) is 0.150. The standard InChI is InChI=1S/C20H18F3N5O/c1-12-9-15(10-26-27-18-8-5-16(11-25-18)20(21,22)23)13(2)28(12)17-6-3-14(4-7-17)19(24)29/h3-11H,1-2H3,(H2,24,29)(H,25,27)/b26-10-. The number of rotatable bonds is 5. The van der Waals surface area contributed by atoms with Crippen molar-refractivity contribution in [3.8, 4) is 5.69 Å². The molecular formula is C20H18F3N5O. The number of anilines is 1. The fourth-order valence-corrected chi connectivity index (χ4v) is 2.89. The van der Waals surface area contributed by atoms with Crippen LogP contribution in [0.15, 0.2) is 53.8 Å². The van der Waals surface area contributed by atoms with Crippen molar-refractivity contribution in [2.75, 3.05) is 5.43 Å². The summed E-state index contributed by atoms with van der Waals surface area (Å²) in [6.45, 7) is 3.84. The molecule has 0 saturated heterocycles. The topological polar surface area (TPSA) is 85.3 Å². The number of nitrogens with two attached hydrogens (primary N) is 1. The molecule has 3 N–H and O–H groups in total. The molecule has 0 aliphatic rings. The number of nitrogens with one attached hydrogen (secondary N) is 1. The van der Waals surface area contributed by atoms with Gasteiger partial charge >= 0.3 is 6.18 Å². The molecular weight excluding hydrogens is 383 g/mol. The Morgan fingerprint density at radius 2 is 1.86 bits per heavy atom. The van der Waals surface area contributed by atoms with Gasteiger partial charge in [0.2, 0.25) is 5.91 Å². The van der Waals surface area contributed by atoms with Crippen molar-refractivity contribution in [3.63, 3.8) is 0 Å². The highest BCUT2D eigenvalue weighted by Gasteiger charge is 2.30. The number of hydrogen-bond acceptors (Lipinski definition) is 4. The second-order valence-corrected chi connectivity index (χ2v) is 6.37. The Morgan fingerprint density at radius 3 is 2.41 bits per heavy atom. The molecule has 0 atom stereocenters. The van der Waals surface area contributed by atoms with Crippen LogP contribution in [0.4, 0.5) is 19.0 Å². The van der Waals surface area contributed by atoms with Gasteiger partial charge < -0.3 is 10.3 Å².